The van der Waals surface area contributed by atoms with Crippen molar-refractivity contribution in [1.29, 1.82) is 0 Å². The summed E-state index contributed by atoms with van der Waals surface area (Å²) in [7, 11) is 6.62. The van der Waals surface area contributed by atoms with Crippen LogP contribution in [0, 0.1) is 31.1 Å². The number of nitrogens with one attached hydrogen (secondary N) is 1. The molecule has 4 unspecified atom stereocenters. The van der Waals surface area contributed by atoms with E-state index in [2.05, 4.69) is 167 Å². The Balaban J connectivity index is 0.000000396. The number of rotatable bonds is 6. The molecule has 1 saturated carbocycles. The fourth-order valence-corrected chi connectivity index (χ4v) is 16.0. The molecule has 0 spiro atoms. The molecule has 0 heterocycles. The molecule has 1 N–H and O–H groups in total. The van der Waals surface area contributed by atoms with Crippen LogP contribution in [0.5, 0.6) is 0 Å². The molecule has 0 amide bonds. The first kappa shape index (κ1) is 42.4. The van der Waals surface area contributed by atoms with E-state index in [1.54, 1.807) is 11.1 Å². The van der Waals surface area contributed by atoms with Crippen LogP contribution < -0.4 is 4.98 Å². The van der Waals surface area contributed by atoms with Crippen molar-refractivity contribution in [3.63, 3.8) is 0 Å². The quantitative estimate of drug-likeness (QED) is 0.227. The van der Waals surface area contributed by atoms with Crippen LogP contribution in [0.4, 0.5) is 11.4 Å². The zero-order valence-electron chi connectivity index (χ0n) is 29.0. The van der Waals surface area contributed by atoms with E-state index in [-0.39, 0.29) is 7.43 Å². The van der Waals surface area contributed by atoms with Crippen molar-refractivity contribution in [3.8, 4) is 0 Å². The van der Waals surface area contributed by atoms with Gasteiger partial charge in [0.1, 0.15) is 0 Å². The maximum absolute atomic E-state index is 5.20. The van der Waals surface area contributed by atoms with Gasteiger partial charge in [0.2, 0.25) is 0 Å². The average molecular weight is 881 g/mol. The zero-order valence-corrected chi connectivity index (χ0v) is 38.2. The van der Waals surface area contributed by atoms with E-state index in [0.29, 0.717) is 5.54 Å². The second-order valence-corrected chi connectivity index (χ2v) is 27.7. The number of nitrogens with zero attached hydrogens (tertiary/aromatic N) is 1. The molecule has 9 heteroatoms. The number of allylic oxidation sites excluding steroid dienone is 4. The van der Waals surface area contributed by atoms with E-state index in [9.17, 15) is 0 Å². The van der Waals surface area contributed by atoms with Crippen LogP contribution >= 0.6 is 48.9 Å². The van der Waals surface area contributed by atoms with E-state index in [1.165, 1.54) is 16.8 Å². The van der Waals surface area contributed by atoms with Gasteiger partial charge in [-0.25, -0.2) is 0 Å². The van der Waals surface area contributed by atoms with Gasteiger partial charge in [0.25, 0.3) is 0 Å². The fourth-order valence-electron chi connectivity index (χ4n) is 7.71. The second-order valence-electron chi connectivity index (χ2n) is 13.7. The van der Waals surface area contributed by atoms with E-state index in [0.717, 1.165) is 43.8 Å². The Hall–Kier alpha value is 0.377. The van der Waals surface area contributed by atoms with Crippen LogP contribution in [0.3, 0.4) is 0 Å². The van der Waals surface area contributed by atoms with E-state index in [1.807, 2.05) is 0 Å². The minimum atomic E-state index is -1.63. The van der Waals surface area contributed by atoms with E-state index in [4.69, 9.17) is 22.0 Å². The van der Waals surface area contributed by atoms with Crippen LogP contribution in [0.2, 0.25) is 37.3 Å². The van der Waals surface area contributed by atoms with Crippen LogP contribution in [0.25, 0.3) is 4.98 Å². The van der Waals surface area contributed by atoms with Gasteiger partial charge in [-0.1, -0.05) is 115 Å². The summed E-state index contributed by atoms with van der Waals surface area (Å²) < 4.78 is 2.25. The summed E-state index contributed by atoms with van der Waals surface area (Å²) in [6.07, 6.45) is 0. The van der Waals surface area contributed by atoms with Crippen LogP contribution in [0.15, 0.2) is 79.8 Å². The van der Waals surface area contributed by atoms with Gasteiger partial charge in [0.05, 0.1) is 0 Å². The molecule has 2 aliphatic rings. The van der Waals surface area contributed by atoms with Crippen LogP contribution in [0.1, 0.15) is 55.4 Å². The monoisotopic (exact) mass is 876 g/mol. The summed E-state index contributed by atoms with van der Waals surface area (Å²) in [5.74, 6) is 3.23. The first-order chi connectivity index (χ1) is 19.9. The summed E-state index contributed by atoms with van der Waals surface area (Å²) in [4.78, 5) is 9.04. The first-order valence-electron chi connectivity index (χ1n) is 15.2. The molecule has 244 valence electrons. The molecular weight excluding hydrogens is 827 g/mol. The van der Waals surface area contributed by atoms with E-state index >= 15 is 0 Å². The summed E-state index contributed by atoms with van der Waals surface area (Å²) >= 11 is 6.17. The van der Waals surface area contributed by atoms with Gasteiger partial charge in [-0.2, -0.15) is 0 Å². The van der Waals surface area contributed by atoms with Gasteiger partial charge in [0, 0.05) is 20.2 Å². The Morgan fingerprint density at radius 1 is 0.682 bits per heavy atom. The van der Waals surface area contributed by atoms with Crippen molar-refractivity contribution in [2.24, 2.45) is 23.7 Å². The maximum atomic E-state index is 5.20. The third kappa shape index (κ3) is 10.7. The fraction of sp³-hybridized carbons (Fsp3) is 0.514. The summed E-state index contributed by atoms with van der Waals surface area (Å²) in [5.41, 5.74) is 9.87. The third-order valence-electron chi connectivity index (χ3n) is 10.3. The van der Waals surface area contributed by atoms with Gasteiger partial charge >= 0.3 is 37.9 Å². The molecule has 0 saturated heterocycles. The SMILES string of the molecule is CC1=C(C)C([Si](C)(C)Nc2ccc(Br)cc2)C(C)=C1C.CC1C(C)C(C)C([Si](C)(C)[N-]c2ccc(Br)cc2)C1C.[CH3-].[Cl][Zr+2][Cl]. The predicted molar refractivity (Wildman–Crippen MR) is 209 cm³/mol. The molecule has 44 heavy (non-hydrogen) atoms. The van der Waals surface area contributed by atoms with Crippen LogP contribution in [-0.4, -0.2) is 16.5 Å². The van der Waals surface area contributed by atoms with Gasteiger partial charge in [-0.15, -0.1) is 5.69 Å². The Morgan fingerprint density at radius 3 is 1.43 bits per heavy atom. The Bertz CT molecular complexity index is 1230. The molecule has 0 radical (unpaired) electrons. The molecule has 2 aliphatic carbocycles. The normalized spacial score (nSPS) is 23.6. The summed E-state index contributed by atoms with van der Waals surface area (Å²) in [6.45, 7) is 28.6. The number of anilines is 1. The van der Waals surface area contributed by atoms with E-state index < -0.39 is 37.3 Å². The molecule has 0 bridgehead atoms. The summed E-state index contributed by atoms with van der Waals surface area (Å²) in [6, 6.07) is 17.0. The summed E-state index contributed by atoms with van der Waals surface area (Å²) in [5, 5.41) is 0. The Labute approximate surface area is 308 Å². The number of hydrogen-bond donors (Lipinski definition) is 1. The van der Waals surface area contributed by atoms with Crippen molar-refractivity contribution in [1.82, 2.24) is 0 Å². The zero-order chi connectivity index (χ0) is 32.9. The molecular formula is C35H54Br2Cl2N2Si2Zr. The second kappa shape index (κ2) is 18.2. The van der Waals surface area contributed by atoms with Crippen molar-refractivity contribution >= 4 is 76.7 Å². The van der Waals surface area contributed by atoms with Gasteiger partial charge < -0.3 is 17.4 Å². The molecule has 0 aromatic heterocycles. The Morgan fingerprint density at radius 2 is 1.05 bits per heavy atom. The Kier molecular flexibility index (Phi) is 17.6. The number of halogens is 4. The average Bonchev–Trinajstić information content (AvgIpc) is 3.25. The third-order valence-corrected chi connectivity index (χ3v) is 18.1. The number of hydrogen-bond acceptors (Lipinski definition) is 1. The van der Waals surface area contributed by atoms with Crippen molar-refractivity contribution in [3.05, 3.63) is 92.2 Å². The molecule has 0 aliphatic heterocycles. The first-order valence-corrected chi connectivity index (χ1v) is 29.2. The van der Waals surface area contributed by atoms with Crippen molar-refractivity contribution < 1.29 is 20.8 Å². The predicted octanol–water partition coefficient (Wildman–Crippen LogP) is 14.5. The molecule has 4 rings (SSSR count). The molecule has 2 aromatic carbocycles. The number of benzene rings is 2. The van der Waals surface area contributed by atoms with Crippen molar-refractivity contribution in [2.75, 3.05) is 4.98 Å². The van der Waals surface area contributed by atoms with Gasteiger partial charge in [-0.05, 0) is 107 Å². The van der Waals surface area contributed by atoms with Gasteiger partial charge in [-0.3, -0.25) is 0 Å². The van der Waals surface area contributed by atoms with Gasteiger partial charge in [0.15, 0.2) is 8.24 Å². The molecule has 2 aromatic rings. The molecule has 4 atom stereocenters. The standard InChI is InChI=1S/C17H27BrNSi.C17H24BrNSi.CH3.2ClH.Zr/c2*1-11-12(2)14(4)17(13(11)3)20(5,6)19-16-9-7-15(18)8-10-16;;;;/h7-14,17H,1-6H3;7-10,17,19H,1-6H3;1H3;2*1H;/q-1;;-1;;;+4/p-2. The molecule has 1 fully saturated rings. The molecule has 2 nitrogen and oxygen atoms in total. The minimum absolute atomic E-state index is 0. The van der Waals surface area contributed by atoms with Crippen molar-refractivity contribution in [2.45, 2.75) is 92.7 Å². The topological polar surface area (TPSA) is 26.1 Å². The van der Waals surface area contributed by atoms with Crippen LogP contribution in [-0.2, 0) is 20.8 Å².